The lowest BCUT2D eigenvalue weighted by molar-refractivity contribution is 0.173. The van der Waals surface area contributed by atoms with Crippen LogP contribution in [0.3, 0.4) is 0 Å². The average molecular weight is 469 g/mol. The van der Waals surface area contributed by atoms with Crippen molar-refractivity contribution < 1.29 is 18.9 Å². The number of hydrogen-bond acceptors (Lipinski definition) is 9. The fourth-order valence-electron chi connectivity index (χ4n) is 3.26. The first-order valence-electron chi connectivity index (χ1n) is 10.2. The lowest BCUT2D eigenvalue weighted by atomic mass is 10.2. The van der Waals surface area contributed by atoms with E-state index in [1.54, 1.807) is 52.0 Å². The molecular weight excluding hydrogens is 444 g/mol. The van der Waals surface area contributed by atoms with Crippen molar-refractivity contribution in [1.82, 2.24) is 20.3 Å². The van der Waals surface area contributed by atoms with Crippen molar-refractivity contribution in [3.8, 4) is 17.2 Å². The first-order chi connectivity index (χ1) is 16.1. The van der Waals surface area contributed by atoms with Crippen molar-refractivity contribution >= 4 is 45.8 Å². The van der Waals surface area contributed by atoms with E-state index >= 15 is 0 Å². The van der Waals surface area contributed by atoms with Crippen LogP contribution in [0.25, 0.3) is 11.2 Å². The van der Waals surface area contributed by atoms with E-state index < -0.39 is 0 Å². The van der Waals surface area contributed by atoms with Crippen LogP contribution in [0.15, 0.2) is 42.8 Å². The molecule has 1 unspecified atom stereocenters. The van der Waals surface area contributed by atoms with Gasteiger partial charge in [-0.1, -0.05) is 0 Å². The van der Waals surface area contributed by atoms with Gasteiger partial charge in [-0.2, -0.15) is 0 Å². The predicted molar refractivity (Wildman–Crippen MR) is 130 cm³/mol. The highest BCUT2D eigenvalue weighted by Crippen LogP contribution is 2.40. The molecular formula is C22H24N6O4S. The maximum absolute atomic E-state index is 5.42. The molecule has 0 saturated heterocycles. The van der Waals surface area contributed by atoms with Gasteiger partial charge in [-0.3, -0.25) is 0 Å². The molecule has 0 fully saturated rings. The minimum Gasteiger partial charge on any atom is -0.496 e. The number of pyridine rings is 1. The summed E-state index contributed by atoms with van der Waals surface area (Å²) >= 11 is 5.35. The van der Waals surface area contributed by atoms with Crippen LogP contribution in [0, 0.1) is 0 Å². The van der Waals surface area contributed by atoms with Crippen LogP contribution in [-0.2, 0) is 4.74 Å². The molecule has 1 aliphatic heterocycles. The zero-order valence-electron chi connectivity index (χ0n) is 18.4. The molecule has 3 heterocycles. The number of rotatable bonds is 8. The second-order valence-electron chi connectivity index (χ2n) is 7.03. The molecule has 3 N–H and O–H groups in total. The molecule has 10 nitrogen and oxygen atoms in total. The molecule has 0 amide bonds. The highest BCUT2D eigenvalue weighted by Gasteiger charge is 2.14. The van der Waals surface area contributed by atoms with E-state index in [0.29, 0.717) is 57.4 Å². The highest BCUT2D eigenvalue weighted by atomic mass is 32.1. The van der Waals surface area contributed by atoms with Crippen LogP contribution < -0.4 is 30.2 Å². The molecule has 33 heavy (non-hydrogen) atoms. The van der Waals surface area contributed by atoms with Crippen molar-refractivity contribution in [2.45, 2.75) is 12.5 Å². The number of anilines is 3. The lowest BCUT2D eigenvalue weighted by Gasteiger charge is -2.15. The summed E-state index contributed by atoms with van der Waals surface area (Å²) in [6.07, 6.45) is 6.26. The number of nitrogens with one attached hydrogen (secondary N) is 3. The topological polar surface area (TPSA) is 112 Å². The summed E-state index contributed by atoms with van der Waals surface area (Å²) in [6.45, 7) is 0.606. The van der Waals surface area contributed by atoms with Gasteiger partial charge in [-0.05, 0) is 30.4 Å². The standard InChI is InChI=1S/C22H24N6O4S/c1-29-16-9-13(10-17(30-2)20(16)31-3)25-19-12-23-15-6-7-18(26-21(15)27-19)28-22(33)24-11-14-5-4-8-32-14/h4,6-10,12,14H,5,11H2,1-3H3,(H3,24,25,26,27,28,33). The molecule has 11 heteroatoms. The van der Waals surface area contributed by atoms with Crippen LogP contribution in [0.5, 0.6) is 17.2 Å². The first-order valence-corrected chi connectivity index (χ1v) is 10.6. The minimum absolute atomic E-state index is 0.0871. The smallest absolute Gasteiger partial charge is 0.203 e. The Morgan fingerprint density at radius 2 is 1.85 bits per heavy atom. The third-order valence-corrected chi connectivity index (χ3v) is 5.09. The number of thiocarbonyl (C=S) groups is 1. The Hall–Kier alpha value is -3.86. The van der Waals surface area contributed by atoms with Crippen molar-refractivity contribution in [3.63, 3.8) is 0 Å². The molecule has 4 rings (SSSR count). The molecule has 0 saturated carbocycles. The summed E-state index contributed by atoms with van der Waals surface area (Å²) in [5.74, 6) is 2.63. The first kappa shape index (κ1) is 22.3. The summed E-state index contributed by atoms with van der Waals surface area (Å²) in [6, 6.07) is 7.19. The van der Waals surface area contributed by atoms with E-state index in [-0.39, 0.29) is 6.10 Å². The monoisotopic (exact) mass is 468 g/mol. The summed E-state index contributed by atoms with van der Waals surface area (Å²) < 4.78 is 21.6. The highest BCUT2D eigenvalue weighted by molar-refractivity contribution is 7.80. The number of ether oxygens (including phenoxy) is 4. The van der Waals surface area contributed by atoms with Gasteiger partial charge in [0, 0.05) is 24.2 Å². The van der Waals surface area contributed by atoms with Crippen molar-refractivity contribution in [2.24, 2.45) is 0 Å². The zero-order chi connectivity index (χ0) is 23.2. The Kier molecular flexibility index (Phi) is 6.89. The number of benzene rings is 1. The second kappa shape index (κ2) is 10.2. The van der Waals surface area contributed by atoms with E-state index in [4.69, 9.17) is 31.2 Å². The normalized spacial score (nSPS) is 14.5. The van der Waals surface area contributed by atoms with Gasteiger partial charge in [0.15, 0.2) is 28.1 Å². The Labute approximate surface area is 196 Å². The molecule has 0 bridgehead atoms. The molecule has 3 aromatic rings. The van der Waals surface area contributed by atoms with Gasteiger partial charge in [-0.15, -0.1) is 0 Å². The fraction of sp³-hybridized carbons (Fsp3) is 0.273. The summed E-state index contributed by atoms with van der Waals surface area (Å²) in [5, 5.41) is 9.85. The molecule has 172 valence electrons. The maximum atomic E-state index is 5.42. The Morgan fingerprint density at radius 3 is 2.52 bits per heavy atom. The van der Waals surface area contributed by atoms with E-state index in [1.807, 2.05) is 12.1 Å². The van der Waals surface area contributed by atoms with E-state index in [9.17, 15) is 0 Å². The largest absolute Gasteiger partial charge is 0.496 e. The lowest BCUT2D eigenvalue weighted by Crippen LogP contribution is -2.35. The van der Waals surface area contributed by atoms with Gasteiger partial charge >= 0.3 is 0 Å². The molecule has 0 radical (unpaired) electrons. The summed E-state index contributed by atoms with van der Waals surface area (Å²) in [5.41, 5.74) is 1.81. The zero-order valence-corrected chi connectivity index (χ0v) is 19.2. The Morgan fingerprint density at radius 1 is 1.09 bits per heavy atom. The SMILES string of the molecule is COc1cc(Nc2cnc3ccc(NC(=S)NCC4CC=CO4)nc3n2)cc(OC)c1OC. The molecule has 0 aliphatic carbocycles. The minimum atomic E-state index is 0.0871. The van der Waals surface area contributed by atoms with Crippen LogP contribution in [0.1, 0.15) is 6.42 Å². The Balaban J connectivity index is 1.49. The predicted octanol–water partition coefficient (Wildman–Crippen LogP) is 3.38. The number of fused-ring (bicyclic) bond motifs is 1. The molecule has 2 aromatic heterocycles. The number of hydrogen-bond donors (Lipinski definition) is 3. The molecule has 0 spiro atoms. The van der Waals surface area contributed by atoms with Crippen molar-refractivity contribution in [1.29, 1.82) is 0 Å². The number of aromatic nitrogens is 3. The molecule has 1 aliphatic rings. The van der Waals surface area contributed by atoms with Gasteiger partial charge in [0.2, 0.25) is 5.75 Å². The quantitative estimate of drug-likeness (QED) is 0.423. The van der Waals surface area contributed by atoms with Gasteiger partial charge in [0.05, 0.1) is 40.3 Å². The average Bonchev–Trinajstić information content (AvgIpc) is 3.35. The fourth-order valence-corrected chi connectivity index (χ4v) is 3.44. The number of methoxy groups -OCH3 is 3. The molecule has 1 atom stereocenters. The Bertz CT molecular complexity index is 1160. The van der Waals surface area contributed by atoms with Gasteiger partial charge in [-0.25, -0.2) is 15.0 Å². The van der Waals surface area contributed by atoms with Crippen molar-refractivity contribution in [3.05, 3.63) is 42.8 Å². The summed E-state index contributed by atoms with van der Waals surface area (Å²) in [4.78, 5) is 13.5. The number of nitrogens with zero attached hydrogens (tertiary/aromatic N) is 3. The van der Waals surface area contributed by atoms with E-state index in [1.165, 1.54) is 0 Å². The molecule has 1 aromatic carbocycles. The van der Waals surface area contributed by atoms with Crippen molar-refractivity contribution in [2.75, 3.05) is 38.5 Å². The third kappa shape index (κ3) is 5.32. The third-order valence-electron chi connectivity index (χ3n) is 4.84. The van der Waals surface area contributed by atoms with E-state index in [0.717, 1.165) is 6.42 Å². The van der Waals surface area contributed by atoms with Gasteiger partial charge in [0.1, 0.15) is 17.4 Å². The van der Waals surface area contributed by atoms with Crippen LogP contribution in [-0.4, -0.2) is 54.0 Å². The van der Waals surface area contributed by atoms with Gasteiger partial charge < -0.3 is 34.9 Å². The van der Waals surface area contributed by atoms with E-state index in [2.05, 4.69) is 30.9 Å². The second-order valence-corrected chi connectivity index (χ2v) is 7.44. The van der Waals surface area contributed by atoms with Gasteiger partial charge in [0.25, 0.3) is 0 Å². The van der Waals surface area contributed by atoms with Crippen LogP contribution in [0.4, 0.5) is 17.3 Å². The van der Waals surface area contributed by atoms with Crippen LogP contribution >= 0.6 is 12.2 Å². The van der Waals surface area contributed by atoms with Crippen LogP contribution in [0.2, 0.25) is 0 Å². The maximum Gasteiger partial charge on any atom is 0.203 e. The summed E-state index contributed by atoms with van der Waals surface area (Å²) in [7, 11) is 4.68.